The van der Waals surface area contributed by atoms with E-state index in [1.807, 2.05) is 30.3 Å². The average Bonchev–Trinajstić information content (AvgIpc) is 2.95. The number of ether oxygens (including phenoxy) is 1. The number of carbonyl (C=O) groups is 3. The topological polar surface area (TPSA) is 92.7 Å². The van der Waals surface area contributed by atoms with Crippen LogP contribution in [-0.4, -0.2) is 29.0 Å². The number of hydrogen-bond acceptors (Lipinski definition) is 4. The van der Waals surface area contributed by atoms with Gasteiger partial charge in [0.05, 0.1) is 0 Å². The number of carboxylic acids is 1. The van der Waals surface area contributed by atoms with Gasteiger partial charge in [-0.15, -0.1) is 0 Å². The molecule has 2 N–H and O–H groups in total. The lowest BCUT2D eigenvalue weighted by Gasteiger charge is -2.17. The van der Waals surface area contributed by atoms with Crippen molar-refractivity contribution in [2.75, 3.05) is 0 Å². The second-order valence-corrected chi connectivity index (χ2v) is 11.3. The second-order valence-electron chi connectivity index (χ2n) is 11.3. The molecule has 6 heteroatoms. The Hall–Kier alpha value is -2.37. The summed E-state index contributed by atoms with van der Waals surface area (Å²) in [5.74, 6) is -1.82. The van der Waals surface area contributed by atoms with Crippen molar-refractivity contribution in [3.8, 4) is 0 Å². The van der Waals surface area contributed by atoms with Gasteiger partial charge in [-0.2, -0.15) is 0 Å². The molecule has 0 bridgehead atoms. The summed E-state index contributed by atoms with van der Waals surface area (Å²) in [4.78, 5) is 35.9. The van der Waals surface area contributed by atoms with Gasteiger partial charge in [-0.25, -0.2) is 4.79 Å². The molecule has 6 nitrogen and oxygen atoms in total. The van der Waals surface area contributed by atoms with E-state index in [0.717, 1.165) is 24.8 Å². The van der Waals surface area contributed by atoms with Crippen LogP contribution in [-0.2, 0) is 25.7 Å². The number of unbranched alkanes of at least 4 members (excludes halogenated alkanes) is 18. The van der Waals surface area contributed by atoms with Crippen molar-refractivity contribution in [1.82, 2.24) is 5.32 Å². The van der Waals surface area contributed by atoms with Crippen LogP contribution in [0.1, 0.15) is 154 Å². The van der Waals surface area contributed by atoms with Gasteiger partial charge in [0.1, 0.15) is 12.6 Å². The van der Waals surface area contributed by atoms with Crippen LogP contribution < -0.4 is 5.32 Å². The molecule has 0 spiro atoms. The molecule has 1 aromatic rings. The summed E-state index contributed by atoms with van der Waals surface area (Å²) >= 11 is 0. The van der Waals surface area contributed by atoms with Crippen molar-refractivity contribution in [1.29, 1.82) is 0 Å². The number of esters is 1. The van der Waals surface area contributed by atoms with Gasteiger partial charge >= 0.3 is 11.9 Å². The third-order valence-corrected chi connectivity index (χ3v) is 7.50. The first kappa shape index (κ1) is 35.7. The number of hydrogen-bond donors (Lipinski definition) is 2. The van der Waals surface area contributed by atoms with Crippen molar-refractivity contribution in [2.24, 2.45) is 0 Å². The molecule has 0 fully saturated rings. The first-order valence-corrected chi connectivity index (χ1v) is 16.2. The van der Waals surface area contributed by atoms with Crippen LogP contribution in [0.3, 0.4) is 0 Å². The minimum atomic E-state index is -1.01. The summed E-state index contributed by atoms with van der Waals surface area (Å²) in [6.07, 6.45) is 24.9. The molecule has 1 aromatic carbocycles. The Bertz CT molecular complexity index is 767. The van der Waals surface area contributed by atoms with E-state index in [4.69, 9.17) is 9.84 Å². The van der Waals surface area contributed by atoms with Crippen molar-refractivity contribution in [3.63, 3.8) is 0 Å². The summed E-state index contributed by atoms with van der Waals surface area (Å²) in [5, 5.41) is 11.7. The highest BCUT2D eigenvalue weighted by Crippen LogP contribution is 2.15. The summed E-state index contributed by atoms with van der Waals surface area (Å²) in [5.41, 5.74) is 0.841. The molecule has 0 radical (unpaired) electrons. The predicted molar refractivity (Wildman–Crippen MR) is 163 cm³/mol. The van der Waals surface area contributed by atoms with Crippen LogP contribution in [0, 0.1) is 0 Å². The zero-order chi connectivity index (χ0) is 29.1. The fourth-order valence-corrected chi connectivity index (χ4v) is 4.98. The van der Waals surface area contributed by atoms with Gasteiger partial charge in [0.25, 0.3) is 0 Å². The molecule has 40 heavy (non-hydrogen) atoms. The highest BCUT2D eigenvalue weighted by Gasteiger charge is 2.23. The first-order chi connectivity index (χ1) is 19.5. The fraction of sp³-hybridized carbons (Fsp3) is 0.735. The number of carbonyl (C=O) groups excluding carboxylic acids is 2. The molecule has 0 saturated heterocycles. The van der Waals surface area contributed by atoms with Crippen LogP contribution >= 0.6 is 0 Å². The molecule has 0 aliphatic heterocycles. The lowest BCUT2D eigenvalue weighted by molar-refractivity contribution is -0.149. The van der Waals surface area contributed by atoms with E-state index in [0.29, 0.717) is 6.42 Å². The van der Waals surface area contributed by atoms with E-state index < -0.39 is 18.0 Å². The van der Waals surface area contributed by atoms with Gasteiger partial charge < -0.3 is 15.2 Å². The van der Waals surface area contributed by atoms with Gasteiger partial charge in [-0.05, 0) is 18.4 Å². The summed E-state index contributed by atoms with van der Waals surface area (Å²) < 4.78 is 5.32. The van der Waals surface area contributed by atoms with Gasteiger partial charge in [-0.3, -0.25) is 9.59 Å². The quantitative estimate of drug-likeness (QED) is 0.0829. The predicted octanol–water partition coefficient (Wildman–Crippen LogP) is 8.90. The van der Waals surface area contributed by atoms with Gasteiger partial charge in [0.15, 0.2) is 0 Å². The van der Waals surface area contributed by atoms with Gasteiger partial charge in [-0.1, -0.05) is 153 Å². The van der Waals surface area contributed by atoms with E-state index in [-0.39, 0.29) is 25.4 Å². The molecule has 0 heterocycles. The maximum atomic E-state index is 12.5. The minimum absolute atomic E-state index is 0.0217. The van der Waals surface area contributed by atoms with E-state index in [9.17, 15) is 14.4 Å². The summed E-state index contributed by atoms with van der Waals surface area (Å²) in [6.45, 7) is 2.37. The number of carboxylic acid groups (broad SMARTS) is 1. The Morgan fingerprint density at radius 3 is 1.57 bits per heavy atom. The molecule has 1 atom stereocenters. The number of rotatable bonds is 27. The average molecular weight is 560 g/mol. The van der Waals surface area contributed by atoms with Gasteiger partial charge in [0, 0.05) is 12.8 Å². The molecule has 0 aliphatic carbocycles. The molecule has 0 aromatic heterocycles. The van der Waals surface area contributed by atoms with Gasteiger partial charge in [0.2, 0.25) is 5.91 Å². The molecule has 0 aliphatic rings. The molecule has 1 unspecified atom stereocenters. The lowest BCUT2D eigenvalue weighted by atomic mass is 10.0. The Morgan fingerprint density at radius 1 is 0.675 bits per heavy atom. The maximum Gasteiger partial charge on any atom is 0.328 e. The highest BCUT2D eigenvalue weighted by atomic mass is 16.5. The normalized spacial score (nSPS) is 11.7. The highest BCUT2D eigenvalue weighted by molar-refractivity contribution is 5.84. The van der Waals surface area contributed by atoms with Crippen LogP contribution in [0.5, 0.6) is 0 Å². The SMILES string of the molecule is CCCCCCCCCCCCCCCCCCCCCC(=O)NC(CCC(=O)O)C(=O)OCc1ccccc1. The number of amides is 1. The monoisotopic (exact) mass is 559 g/mol. The van der Waals surface area contributed by atoms with Crippen LogP contribution in [0.2, 0.25) is 0 Å². The Kier molecular flexibility index (Phi) is 22.8. The third kappa shape index (κ3) is 21.5. The van der Waals surface area contributed by atoms with Crippen LogP contribution in [0.15, 0.2) is 30.3 Å². The van der Waals surface area contributed by atoms with Crippen molar-refractivity contribution >= 4 is 17.8 Å². The maximum absolute atomic E-state index is 12.5. The largest absolute Gasteiger partial charge is 0.481 e. The van der Waals surface area contributed by atoms with Crippen molar-refractivity contribution < 1.29 is 24.2 Å². The lowest BCUT2D eigenvalue weighted by Crippen LogP contribution is -2.42. The molecule has 1 amide bonds. The Morgan fingerprint density at radius 2 is 1.12 bits per heavy atom. The standard InChI is InChI=1S/C34H57NO5/c1-2-3-4-5-6-7-8-9-10-11-12-13-14-15-16-17-18-19-23-26-32(36)35-31(27-28-33(37)38)34(39)40-29-30-24-21-20-22-25-30/h20-22,24-25,31H,2-19,23,26-29H2,1H3,(H,35,36)(H,37,38). The van der Waals surface area contributed by atoms with Crippen molar-refractivity contribution in [2.45, 2.75) is 161 Å². The Balaban J connectivity index is 2.01. The fourth-order valence-electron chi connectivity index (χ4n) is 4.98. The smallest absolute Gasteiger partial charge is 0.328 e. The Labute approximate surface area is 244 Å². The van der Waals surface area contributed by atoms with Crippen LogP contribution in [0.4, 0.5) is 0 Å². The molecule has 1 rings (SSSR count). The van der Waals surface area contributed by atoms with E-state index in [1.165, 1.54) is 103 Å². The zero-order valence-electron chi connectivity index (χ0n) is 25.3. The summed E-state index contributed by atoms with van der Waals surface area (Å²) in [6, 6.07) is 8.34. The second kappa shape index (κ2) is 25.6. The summed E-state index contributed by atoms with van der Waals surface area (Å²) in [7, 11) is 0. The number of benzene rings is 1. The van der Waals surface area contributed by atoms with E-state index in [2.05, 4.69) is 12.2 Å². The zero-order valence-corrected chi connectivity index (χ0v) is 25.3. The van der Waals surface area contributed by atoms with Crippen LogP contribution in [0.25, 0.3) is 0 Å². The van der Waals surface area contributed by atoms with E-state index >= 15 is 0 Å². The first-order valence-electron chi connectivity index (χ1n) is 16.2. The number of aliphatic carboxylic acids is 1. The molecule has 0 saturated carbocycles. The minimum Gasteiger partial charge on any atom is -0.481 e. The molecular weight excluding hydrogens is 502 g/mol. The third-order valence-electron chi connectivity index (χ3n) is 7.50. The molecule has 228 valence electrons. The van der Waals surface area contributed by atoms with E-state index in [1.54, 1.807) is 0 Å². The van der Waals surface area contributed by atoms with Crippen molar-refractivity contribution in [3.05, 3.63) is 35.9 Å². The molecular formula is C34H57NO5. The number of nitrogens with one attached hydrogen (secondary N) is 1.